The Morgan fingerprint density at radius 1 is 1.17 bits per heavy atom. The number of carbonyl (C=O) groups is 1. The van der Waals surface area contributed by atoms with Crippen molar-refractivity contribution in [1.29, 1.82) is 0 Å². The molecule has 0 aromatic heterocycles. The summed E-state index contributed by atoms with van der Waals surface area (Å²) in [5.74, 6) is -0.787. The third-order valence-electron chi connectivity index (χ3n) is 3.26. The fraction of sp³-hybridized carbons (Fsp3) is 0.188. The molecule has 1 amide bonds. The van der Waals surface area contributed by atoms with Crippen LogP contribution in [0.4, 0.5) is 10.1 Å². The third-order valence-corrected chi connectivity index (χ3v) is 4.67. The van der Waals surface area contributed by atoms with Gasteiger partial charge >= 0.3 is 0 Å². The minimum absolute atomic E-state index is 0.0418. The Labute approximate surface area is 139 Å². The Morgan fingerprint density at radius 3 is 2.42 bits per heavy atom. The SMILES string of the molecule is CNC(=O)Cc1ccc(NS(=O)(=O)c2cc(F)ccc2OC)cc1. The van der Waals surface area contributed by atoms with E-state index < -0.39 is 15.8 Å². The van der Waals surface area contributed by atoms with E-state index in [0.29, 0.717) is 5.69 Å². The van der Waals surface area contributed by atoms with Gasteiger partial charge in [0.05, 0.1) is 13.5 Å². The molecule has 0 radical (unpaired) electrons. The summed E-state index contributed by atoms with van der Waals surface area (Å²) in [5, 5.41) is 2.51. The van der Waals surface area contributed by atoms with Gasteiger partial charge in [0.25, 0.3) is 10.0 Å². The van der Waals surface area contributed by atoms with Crippen LogP contribution >= 0.6 is 0 Å². The van der Waals surface area contributed by atoms with Gasteiger partial charge < -0.3 is 10.1 Å². The first kappa shape index (κ1) is 17.7. The van der Waals surface area contributed by atoms with E-state index in [9.17, 15) is 17.6 Å². The first-order valence-corrected chi connectivity index (χ1v) is 8.50. The molecule has 24 heavy (non-hydrogen) atoms. The van der Waals surface area contributed by atoms with Crippen LogP contribution in [0, 0.1) is 5.82 Å². The van der Waals surface area contributed by atoms with Crippen LogP contribution in [0.2, 0.25) is 0 Å². The lowest BCUT2D eigenvalue weighted by molar-refractivity contribution is -0.119. The van der Waals surface area contributed by atoms with Crippen molar-refractivity contribution in [2.24, 2.45) is 0 Å². The van der Waals surface area contributed by atoms with Crippen molar-refractivity contribution in [2.45, 2.75) is 11.3 Å². The molecule has 0 unspecified atom stereocenters. The van der Waals surface area contributed by atoms with Crippen molar-refractivity contribution in [2.75, 3.05) is 18.9 Å². The van der Waals surface area contributed by atoms with Crippen LogP contribution in [0.3, 0.4) is 0 Å². The van der Waals surface area contributed by atoms with Crippen LogP contribution in [-0.2, 0) is 21.2 Å². The van der Waals surface area contributed by atoms with Gasteiger partial charge in [-0.05, 0) is 35.9 Å². The molecule has 0 aliphatic heterocycles. The Balaban J connectivity index is 2.23. The lowest BCUT2D eigenvalue weighted by Gasteiger charge is -2.12. The minimum atomic E-state index is -4.01. The van der Waals surface area contributed by atoms with E-state index in [2.05, 4.69) is 10.0 Å². The predicted octanol–water partition coefficient (Wildman–Crippen LogP) is 1.92. The Kier molecular flexibility index (Phi) is 5.40. The summed E-state index contributed by atoms with van der Waals surface area (Å²) in [6, 6.07) is 9.58. The summed E-state index contributed by atoms with van der Waals surface area (Å²) in [7, 11) is -1.17. The standard InChI is InChI=1S/C16H17FN2O4S/c1-18-16(20)9-11-3-6-13(7-4-11)19-24(21,22)15-10-12(17)5-8-14(15)23-2/h3-8,10,19H,9H2,1-2H3,(H,18,20). The highest BCUT2D eigenvalue weighted by atomic mass is 32.2. The van der Waals surface area contributed by atoms with Gasteiger partial charge in [0.1, 0.15) is 16.5 Å². The summed E-state index contributed by atoms with van der Waals surface area (Å²) in [6.45, 7) is 0. The fourth-order valence-electron chi connectivity index (χ4n) is 2.04. The number of sulfonamides is 1. The molecule has 0 saturated carbocycles. The maximum Gasteiger partial charge on any atom is 0.265 e. The minimum Gasteiger partial charge on any atom is -0.495 e. The van der Waals surface area contributed by atoms with Crippen molar-refractivity contribution < 1.29 is 22.3 Å². The van der Waals surface area contributed by atoms with E-state index in [0.717, 1.165) is 17.7 Å². The lowest BCUT2D eigenvalue weighted by atomic mass is 10.1. The number of ether oxygens (including phenoxy) is 1. The maximum atomic E-state index is 13.4. The number of amides is 1. The number of benzene rings is 2. The van der Waals surface area contributed by atoms with Gasteiger partial charge in [0.2, 0.25) is 5.91 Å². The molecular formula is C16H17FN2O4S. The molecular weight excluding hydrogens is 335 g/mol. The normalized spacial score (nSPS) is 11.0. The molecule has 2 N–H and O–H groups in total. The first-order valence-electron chi connectivity index (χ1n) is 7.01. The molecule has 0 saturated heterocycles. The Bertz CT molecular complexity index is 836. The molecule has 0 spiro atoms. The quantitative estimate of drug-likeness (QED) is 0.832. The number of hydrogen-bond donors (Lipinski definition) is 2. The first-order chi connectivity index (χ1) is 11.4. The number of anilines is 1. The second-order valence-corrected chi connectivity index (χ2v) is 6.60. The van der Waals surface area contributed by atoms with Gasteiger partial charge in [-0.25, -0.2) is 12.8 Å². The second-order valence-electron chi connectivity index (χ2n) is 4.95. The van der Waals surface area contributed by atoms with Crippen molar-refractivity contribution in [3.05, 3.63) is 53.8 Å². The zero-order valence-electron chi connectivity index (χ0n) is 13.2. The molecule has 0 aliphatic rings. The number of nitrogens with one attached hydrogen (secondary N) is 2. The van der Waals surface area contributed by atoms with Crippen LogP contribution in [-0.4, -0.2) is 28.5 Å². The zero-order valence-corrected chi connectivity index (χ0v) is 14.0. The number of halogens is 1. The second kappa shape index (κ2) is 7.31. The highest BCUT2D eigenvalue weighted by Crippen LogP contribution is 2.26. The molecule has 8 heteroatoms. The molecule has 128 valence electrons. The van der Waals surface area contributed by atoms with E-state index in [1.165, 1.54) is 32.4 Å². The number of rotatable bonds is 6. The maximum absolute atomic E-state index is 13.4. The van der Waals surface area contributed by atoms with Crippen LogP contribution in [0.1, 0.15) is 5.56 Å². The largest absolute Gasteiger partial charge is 0.495 e. The van der Waals surface area contributed by atoms with Crippen molar-refractivity contribution in [3.8, 4) is 5.75 Å². The Hall–Kier alpha value is -2.61. The van der Waals surface area contributed by atoms with Crippen molar-refractivity contribution >= 4 is 21.6 Å². The average molecular weight is 352 g/mol. The molecule has 0 atom stereocenters. The van der Waals surface area contributed by atoms with Crippen LogP contribution in [0.15, 0.2) is 47.4 Å². The molecule has 0 heterocycles. The van der Waals surface area contributed by atoms with E-state index in [1.54, 1.807) is 12.1 Å². The molecule has 2 aromatic carbocycles. The number of carbonyl (C=O) groups excluding carboxylic acids is 1. The van der Waals surface area contributed by atoms with Crippen LogP contribution < -0.4 is 14.8 Å². The smallest absolute Gasteiger partial charge is 0.265 e. The van der Waals surface area contributed by atoms with Gasteiger partial charge in [-0.3, -0.25) is 9.52 Å². The lowest BCUT2D eigenvalue weighted by Crippen LogP contribution is -2.20. The monoisotopic (exact) mass is 352 g/mol. The number of hydrogen-bond acceptors (Lipinski definition) is 4. The summed E-state index contributed by atoms with van der Waals surface area (Å²) in [4.78, 5) is 11.0. The predicted molar refractivity (Wildman–Crippen MR) is 88.0 cm³/mol. The fourth-order valence-corrected chi connectivity index (χ4v) is 3.28. The highest BCUT2D eigenvalue weighted by molar-refractivity contribution is 7.92. The van der Waals surface area contributed by atoms with E-state index >= 15 is 0 Å². The molecule has 0 bridgehead atoms. The molecule has 0 fully saturated rings. The molecule has 2 rings (SSSR count). The summed E-state index contributed by atoms with van der Waals surface area (Å²) >= 11 is 0. The van der Waals surface area contributed by atoms with Crippen molar-refractivity contribution in [1.82, 2.24) is 5.32 Å². The van der Waals surface area contributed by atoms with Gasteiger partial charge in [-0.15, -0.1) is 0 Å². The summed E-state index contributed by atoms with van der Waals surface area (Å²) in [6.07, 6.45) is 0.196. The van der Waals surface area contributed by atoms with Gasteiger partial charge in [0, 0.05) is 12.7 Å². The van der Waals surface area contributed by atoms with Crippen LogP contribution in [0.25, 0.3) is 0 Å². The summed E-state index contributed by atoms with van der Waals surface area (Å²) in [5.41, 5.74) is 1.03. The Morgan fingerprint density at radius 2 is 1.83 bits per heavy atom. The van der Waals surface area contributed by atoms with Crippen molar-refractivity contribution in [3.63, 3.8) is 0 Å². The molecule has 6 nitrogen and oxygen atoms in total. The molecule has 0 aliphatic carbocycles. The van der Waals surface area contributed by atoms with Gasteiger partial charge in [-0.2, -0.15) is 0 Å². The topological polar surface area (TPSA) is 84.5 Å². The number of likely N-dealkylation sites (N-methyl/N-ethyl adjacent to an activating group) is 1. The van der Waals surface area contributed by atoms with Crippen LogP contribution in [0.5, 0.6) is 5.75 Å². The third kappa shape index (κ3) is 4.23. The molecule has 2 aromatic rings. The summed E-state index contributed by atoms with van der Waals surface area (Å²) < 4.78 is 45.5. The number of methoxy groups -OCH3 is 1. The van der Waals surface area contributed by atoms with E-state index in [4.69, 9.17) is 4.74 Å². The highest BCUT2D eigenvalue weighted by Gasteiger charge is 2.20. The zero-order chi connectivity index (χ0) is 17.7. The van der Waals surface area contributed by atoms with E-state index in [-0.39, 0.29) is 23.0 Å². The van der Waals surface area contributed by atoms with Gasteiger partial charge in [0.15, 0.2) is 0 Å². The van der Waals surface area contributed by atoms with E-state index in [1.807, 2.05) is 0 Å². The van der Waals surface area contributed by atoms with Gasteiger partial charge in [-0.1, -0.05) is 12.1 Å². The average Bonchev–Trinajstić information content (AvgIpc) is 2.56.